The van der Waals surface area contributed by atoms with Crippen LogP contribution < -0.4 is 10.6 Å². The quantitative estimate of drug-likeness (QED) is 0.771. The Morgan fingerprint density at radius 3 is 2.62 bits per heavy atom. The van der Waals surface area contributed by atoms with E-state index in [1.165, 1.54) is 6.07 Å². The molecule has 1 saturated heterocycles. The number of para-hydroxylation sites is 1. The van der Waals surface area contributed by atoms with Gasteiger partial charge in [-0.25, -0.2) is 18.0 Å². The molecule has 8 heteroatoms. The summed E-state index contributed by atoms with van der Waals surface area (Å²) in [5.41, 5.74) is 0.816. The highest BCUT2D eigenvalue weighted by Gasteiger charge is 2.29. The van der Waals surface area contributed by atoms with E-state index in [0.717, 1.165) is 0 Å². The minimum atomic E-state index is -3.08. The molecule has 7 nitrogen and oxygen atoms in total. The molecule has 1 aromatic rings. The number of aryl methyl sites for hydroxylation is 1. The molecule has 1 unspecified atom stereocenters. The van der Waals surface area contributed by atoms with Crippen molar-refractivity contribution >= 4 is 27.5 Å². The fourth-order valence-corrected chi connectivity index (χ4v) is 3.93. The topological polar surface area (TPSA) is 113 Å². The minimum absolute atomic E-state index is 0.0100. The summed E-state index contributed by atoms with van der Waals surface area (Å²) in [6, 6.07) is 3.62. The van der Waals surface area contributed by atoms with Gasteiger partial charge >= 0.3 is 12.0 Å². The maximum Gasteiger partial charge on any atom is 0.337 e. The second-order valence-electron chi connectivity index (χ2n) is 5.00. The van der Waals surface area contributed by atoms with Gasteiger partial charge in [0.2, 0.25) is 0 Å². The van der Waals surface area contributed by atoms with Crippen molar-refractivity contribution < 1.29 is 23.1 Å². The summed E-state index contributed by atoms with van der Waals surface area (Å²) in [5.74, 6) is -1.17. The van der Waals surface area contributed by atoms with Crippen molar-refractivity contribution in [2.45, 2.75) is 19.4 Å². The second kappa shape index (κ2) is 5.72. The monoisotopic (exact) mass is 312 g/mol. The molecule has 0 aliphatic carbocycles. The molecular formula is C13H16N2O5S. The average molecular weight is 312 g/mol. The molecule has 114 valence electrons. The Morgan fingerprint density at radius 2 is 2.05 bits per heavy atom. The summed E-state index contributed by atoms with van der Waals surface area (Å²) in [7, 11) is -3.08. The number of nitrogens with one attached hydrogen (secondary N) is 2. The molecule has 0 saturated carbocycles. The van der Waals surface area contributed by atoms with Crippen LogP contribution >= 0.6 is 0 Å². The molecule has 0 radical (unpaired) electrons. The summed E-state index contributed by atoms with van der Waals surface area (Å²) in [6.45, 7) is 1.68. The highest BCUT2D eigenvalue weighted by Crippen LogP contribution is 2.20. The van der Waals surface area contributed by atoms with Gasteiger partial charge in [-0.3, -0.25) is 0 Å². The molecule has 1 fully saturated rings. The van der Waals surface area contributed by atoms with E-state index in [1.807, 2.05) is 0 Å². The van der Waals surface area contributed by atoms with E-state index in [0.29, 0.717) is 12.0 Å². The lowest BCUT2D eigenvalue weighted by molar-refractivity contribution is 0.0698. The molecule has 21 heavy (non-hydrogen) atoms. The number of carbonyl (C=O) groups excluding carboxylic acids is 1. The lowest BCUT2D eigenvalue weighted by Gasteiger charge is -2.15. The van der Waals surface area contributed by atoms with Crippen LogP contribution in [0.5, 0.6) is 0 Å². The third-order valence-corrected chi connectivity index (χ3v) is 5.08. The smallest absolute Gasteiger partial charge is 0.337 e. The highest BCUT2D eigenvalue weighted by molar-refractivity contribution is 7.91. The van der Waals surface area contributed by atoms with Crippen LogP contribution in [0, 0.1) is 6.92 Å². The second-order valence-corrected chi connectivity index (χ2v) is 7.23. The Kier molecular flexibility index (Phi) is 4.17. The third kappa shape index (κ3) is 3.72. The number of aromatic carboxylic acids is 1. The van der Waals surface area contributed by atoms with Crippen molar-refractivity contribution in [2.75, 3.05) is 16.8 Å². The van der Waals surface area contributed by atoms with Crippen molar-refractivity contribution in [3.63, 3.8) is 0 Å². The van der Waals surface area contributed by atoms with Crippen LogP contribution in [-0.2, 0) is 9.84 Å². The third-order valence-electron chi connectivity index (χ3n) is 3.31. The van der Waals surface area contributed by atoms with E-state index in [9.17, 15) is 18.0 Å². The lowest BCUT2D eigenvalue weighted by Crippen LogP contribution is -2.39. The number of benzene rings is 1. The largest absolute Gasteiger partial charge is 0.478 e. The Balaban J connectivity index is 2.09. The molecular weight excluding hydrogens is 296 g/mol. The number of sulfone groups is 1. The zero-order valence-electron chi connectivity index (χ0n) is 11.4. The predicted octanol–water partition coefficient (Wildman–Crippen LogP) is 1.00. The fourth-order valence-electron chi connectivity index (χ4n) is 2.26. The van der Waals surface area contributed by atoms with Crippen molar-refractivity contribution in [1.82, 2.24) is 5.32 Å². The molecule has 0 spiro atoms. The minimum Gasteiger partial charge on any atom is -0.478 e. The molecule has 1 atom stereocenters. The Hall–Kier alpha value is -2.09. The molecule has 2 amide bonds. The first-order chi connectivity index (χ1) is 9.78. The highest BCUT2D eigenvalue weighted by atomic mass is 32.2. The van der Waals surface area contributed by atoms with Gasteiger partial charge in [0.1, 0.15) is 0 Å². The predicted molar refractivity (Wildman–Crippen MR) is 77.4 cm³/mol. The van der Waals surface area contributed by atoms with Gasteiger partial charge in [-0.15, -0.1) is 0 Å². The first-order valence-corrected chi connectivity index (χ1v) is 8.21. The summed E-state index contributed by atoms with van der Waals surface area (Å²) < 4.78 is 22.7. The number of urea groups is 1. The molecule has 1 aromatic carbocycles. The number of carboxylic acids is 1. The first-order valence-electron chi connectivity index (χ1n) is 6.39. The maximum atomic E-state index is 11.9. The van der Waals surface area contributed by atoms with E-state index in [1.54, 1.807) is 19.1 Å². The SMILES string of the molecule is Cc1cccc(C(=O)O)c1NC(=O)NC1CCS(=O)(=O)C1. The zero-order valence-corrected chi connectivity index (χ0v) is 12.2. The summed E-state index contributed by atoms with van der Waals surface area (Å²) in [6.07, 6.45) is 0.370. The van der Waals surface area contributed by atoms with Crippen molar-refractivity contribution in [3.05, 3.63) is 29.3 Å². The first kappa shape index (κ1) is 15.3. The van der Waals surface area contributed by atoms with E-state index >= 15 is 0 Å². The normalized spacial score (nSPS) is 20.0. The zero-order chi connectivity index (χ0) is 15.6. The van der Waals surface area contributed by atoms with Crippen LogP contribution in [0.3, 0.4) is 0 Å². The van der Waals surface area contributed by atoms with Crippen LogP contribution in [0.2, 0.25) is 0 Å². The van der Waals surface area contributed by atoms with Crippen LogP contribution in [0.25, 0.3) is 0 Å². The van der Waals surface area contributed by atoms with Gasteiger partial charge in [-0.1, -0.05) is 12.1 Å². The average Bonchev–Trinajstić information content (AvgIpc) is 2.70. The molecule has 1 heterocycles. The maximum absolute atomic E-state index is 11.9. The molecule has 0 bridgehead atoms. The van der Waals surface area contributed by atoms with Crippen molar-refractivity contribution in [2.24, 2.45) is 0 Å². The van der Waals surface area contributed by atoms with Gasteiger partial charge < -0.3 is 15.7 Å². The van der Waals surface area contributed by atoms with E-state index < -0.39 is 27.9 Å². The Labute approximate surface area is 122 Å². The number of rotatable bonds is 3. The molecule has 2 rings (SSSR count). The summed E-state index contributed by atoms with van der Waals surface area (Å²) in [4.78, 5) is 23.0. The Bertz CT molecular complexity index is 684. The fraction of sp³-hybridized carbons (Fsp3) is 0.385. The standard InChI is InChI=1S/C13H16N2O5S/c1-8-3-2-4-10(12(16)17)11(8)15-13(18)14-9-5-6-21(19,20)7-9/h2-4,9H,5-7H2,1H3,(H,16,17)(H2,14,15,18). The molecule has 0 aromatic heterocycles. The van der Waals surface area contributed by atoms with Crippen LogP contribution in [0.4, 0.5) is 10.5 Å². The van der Waals surface area contributed by atoms with Crippen molar-refractivity contribution in [1.29, 1.82) is 0 Å². The number of carbonyl (C=O) groups is 2. The van der Waals surface area contributed by atoms with E-state index in [4.69, 9.17) is 5.11 Å². The van der Waals surface area contributed by atoms with Gasteiger partial charge in [0.15, 0.2) is 9.84 Å². The van der Waals surface area contributed by atoms with Gasteiger partial charge in [-0.05, 0) is 25.0 Å². The van der Waals surface area contributed by atoms with Crippen LogP contribution in [0.1, 0.15) is 22.3 Å². The summed E-state index contributed by atoms with van der Waals surface area (Å²) >= 11 is 0. The van der Waals surface area contributed by atoms with Crippen LogP contribution in [-0.4, -0.2) is 43.1 Å². The van der Waals surface area contributed by atoms with Crippen LogP contribution in [0.15, 0.2) is 18.2 Å². The van der Waals surface area contributed by atoms with Gasteiger partial charge in [-0.2, -0.15) is 0 Å². The van der Waals surface area contributed by atoms with E-state index in [2.05, 4.69) is 10.6 Å². The molecule has 1 aliphatic heterocycles. The molecule has 3 N–H and O–H groups in total. The number of hydrogen-bond acceptors (Lipinski definition) is 4. The lowest BCUT2D eigenvalue weighted by atomic mass is 10.1. The van der Waals surface area contributed by atoms with Crippen molar-refractivity contribution in [3.8, 4) is 0 Å². The number of hydrogen-bond donors (Lipinski definition) is 3. The van der Waals surface area contributed by atoms with Gasteiger partial charge in [0.05, 0.1) is 22.8 Å². The molecule has 1 aliphatic rings. The van der Waals surface area contributed by atoms with Gasteiger partial charge in [0.25, 0.3) is 0 Å². The van der Waals surface area contributed by atoms with E-state index in [-0.39, 0.29) is 22.8 Å². The number of amides is 2. The number of anilines is 1. The Morgan fingerprint density at radius 1 is 1.33 bits per heavy atom. The van der Waals surface area contributed by atoms with Gasteiger partial charge in [0, 0.05) is 6.04 Å². The number of carboxylic acid groups (broad SMARTS) is 1. The summed E-state index contributed by atoms with van der Waals surface area (Å²) in [5, 5.41) is 14.1.